The molecule has 0 saturated carbocycles. The highest BCUT2D eigenvalue weighted by atomic mass is 28.3. The molecular weight excluding hydrogens is 322 g/mol. The lowest BCUT2D eigenvalue weighted by Gasteiger charge is -2.42. The minimum absolute atomic E-state index is 0.0237. The Morgan fingerprint density at radius 3 is 2.20 bits per heavy atom. The number of nitrogens with zero attached hydrogens (tertiary/aromatic N) is 1. The number of hydrogen-bond acceptors (Lipinski definition) is 1. The molecule has 0 fully saturated rings. The predicted molar refractivity (Wildman–Crippen MR) is 106 cm³/mol. The summed E-state index contributed by atoms with van der Waals surface area (Å²) in [5.41, 5.74) is 4.98. The summed E-state index contributed by atoms with van der Waals surface area (Å²) in [6.45, 7) is 6.53. The van der Waals surface area contributed by atoms with E-state index in [4.69, 9.17) is 0 Å². The maximum Gasteiger partial charge on any atom is 0.565 e. The van der Waals surface area contributed by atoms with Crippen LogP contribution in [0.2, 0.25) is 0 Å². The summed E-state index contributed by atoms with van der Waals surface area (Å²) in [7, 11) is 2.27. The molecule has 0 heterocycles. The quantitative estimate of drug-likeness (QED) is 0.728. The fraction of sp³-hybridized carbons (Fsp3) is 0.364. The monoisotopic (exact) mass is 350 g/mol. The molecule has 2 nitrogen and oxygen atoms in total. The number of fused-ring (bicyclic) bond motifs is 1. The van der Waals surface area contributed by atoms with Crippen molar-refractivity contribution in [1.82, 2.24) is 0 Å². The molecule has 3 heteroatoms. The van der Waals surface area contributed by atoms with Gasteiger partial charge in [0.1, 0.15) is 5.54 Å². The van der Waals surface area contributed by atoms with Gasteiger partial charge in [-0.15, -0.1) is 0 Å². The van der Waals surface area contributed by atoms with E-state index in [0.29, 0.717) is 4.15 Å². The van der Waals surface area contributed by atoms with Gasteiger partial charge >= 0.3 is 8.84 Å². The molecule has 1 aliphatic carbocycles. The summed E-state index contributed by atoms with van der Waals surface area (Å²) in [5.74, 6) is 0. The average Bonchev–Trinajstić information content (AvgIpc) is 2.91. The molecule has 0 saturated heterocycles. The second-order valence-corrected chi connectivity index (χ2v) is 10.8. The van der Waals surface area contributed by atoms with Gasteiger partial charge in [0, 0.05) is 0 Å². The molecule has 2 aromatic carbocycles. The third kappa shape index (κ3) is 3.31. The molecule has 0 amide bonds. The van der Waals surface area contributed by atoms with E-state index in [2.05, 4.69) is 89.5 Å². The normalized spacial score (nSPS) is 17.2. The van der Waals surface area contributed by atoms with E-state index < -0.39 is 8.84 Å². The molecule has 0 radical (unpaired) electrons. The van der Waals surface area contributed by atoms with Crippen molar-refractivity contribution in [2.24, 2.45) is 0 Å². The minimum atomic E-state index is -1.96. The fourth-order valence-electron chi connectivity index (χ4n) is 3.32. The Bertz CT molecular complexity index is 815. The lowest BCUT2D eigenvalue weighted by Crippen LogP contribution is -2.61. The van der Waals surface area contributed by atoms with Crippen molar-refractivity contribution >= 4 is 14.9 Å². The highest BCUT2D eigenvalue weighted by Gasteiger charge is 2.49. The smallest absolute Gasteiger partial charge is 0.328 e. The summed E-state index contributed by atoms with van der Waals surface area (Å²) in [4.78, 5) is 0. The van der Waals surface area contributed by atoms with Gasteiger partial charge in [-0.3, -0.25) is 0 Å². The van der Waals surface area contributed by atoms with Crippen LogP contribution in [0.4, 0.5) is 0 Å². The van der Waals surface area contributed by atoms with E-state index >= 15 is 0 Å². The highest BCUT2D eigenvalue weighted by molar-refractivity contribution is 6.38. The minimum Gasteiger partial charge on any atom is -0.328 e. The number of hydrogen-bond donors (Lipinski definition) is 0. The second kappa shape index (κ2) is 6.47. The molecule has 1 aliphatic rings. The Kier molecular flexibility index (Phi) is 4.65. The molecule has 25 heavy (non-hydrogen) atoms. The number of rotatable bonds is 4. The van der Waals surface area contributed by atoms with E-state index in [1.54, 1.807) is 0 Å². The number of quaternary nitrogens is 1. The van der Waals surface area contributed by atoms with Gasteiger partial charge in [0.05, 0.1) is 19.6 Å². The Hall–Kier alpha value is -1.84. The SMILES string of the molecule is CC(C)(C)[N+](C)(C)[Si](=O)C1C(Cc2ccccc2)=Cc2ccccc21. The van der Waals surface area contributed by atoms with Crippen LogP contribution in [0.1, 0.15) is 43.0 Å². The second-order valence-electron chi connectivity index (χ2n) is 8.41. The van der Waals surface area contributed by atoms with Crippen molar-refractivity contribution in [3.63, 3.8) is 0 Å². The van der Waals surface area contributed by atoms with Crippen LogP contribution >= 0.6 is 0 Å². The maximum atomic E-state index is 13.8. The van der Waals surface area contributed by atoms with Crippen LogP contribution < -0.4 is 0 Å². The van der Waals surface area contributed by atoms with Gasteiger partial charge in [-0.1, -0.05) is 60.7 Å². The van der Waals surface area contributed by atoms with Gasteiger partial charge in [0.2, 0.25) is 0 Å². The fourth-order valence-corrected chi connectivity index (χ4v) is 5.66. The molecular formula is C22H28NOSi+. The zero-order valence-electron chi connectivity index (χ0n) is 15.9. The van der Waals surface area contributed by atoms with Gasteiger partial charge in [-0.05, 0) is 49.5 Å². The molecule has 0 bridgehead atoms. The Morgan fingerprint density at radius 1 is 0.960 bits per heavy atom. The van der Waals surface area contributed by atoms with Gasteiger partial charge in [-0.25, -0.2) is 0 Å². The first-order valence-corrected chi connectivity index (χ1v) is 10.4. The average molecular weight is 351 g/mol. The van der Waals surface area contributed by atoms with Crippen LogP contribution in [0, 0.1) is 0 Å². The molecule has 130 valence electrons. The molecule has 0 aromatic heterocycles. The molecule has 1 unspecified atom stereocenters. The van der Waals surface area contributed by atoms with Crippen molar-refractivity contribution < 1.29 is 8.61 Å². The first-order chi connectivity index (χ1) is 11.7. The molecule has 0 spiro atoms. The standard InChI is InChI=1S/C22H28NOSi/c1-22(2,3)23(4,5)25(24)21-19(15-17-11-7-6-8-12-17)16-18-13-9-10-14-20(18)21/h6-14,16,21H,15H2,1-5H3/q+1. The van der Waals surface area contributed by atoms with Crippen LogP contribution in [0.15, 0.2) is 60.2 Å². The molecule has 1 atom stereocenters. The van der Waals surface area contributed by atoms with Crippen molar-refractivity contribution in [1.29, 1.82) is 0 Å². The summed E-state index contributed by atoms with van der Waals surface area (Å²) in [5, 5.41) is 0. The van der Waals surface area contributed by atoms with Crippen LogP contribution in [0.5, 0.6) is 0 Å². The predicted octanol–water partition coefficient (Wildman–Crippen LogP) is 4.74. The zero-order chi connectivity index (χ0) is 18.2. The van der Waals surface area contributed by atoms with Gasteiger partial charge < -0.3 is 8.61 Å². The van der Waals surface area contributed by atoms with Gasteiger partial charge in [0.25, 0.3) is 0 Å². The Morgan fingerprint density at radius 2 is 1.56 bits per heavy atom. The first-order valence-electron chi connectivity index (χ1n) is 8.93. The molecule has 0 aliphatic heterocycles. The maximum absolute atomic E-state index is 13.8. The van der Waals surface area contributed by atoms with E-state index in [1.807, 2.05) is 6.07 Å². The van der Waals surface area contributed by atoms with Gasteiger partial charge in [-0.2, -0.15) is 0 Å². The molecule has 3 rings (SSSR count). The van der Waals surface area contributed by atoms with Crippen LogP contribution in [-0.2, 0) is 10.9 Å². The Labute approximate surface area is 153 Å². The summed E-state index contributed by atoms with van der Waals surface area (Å²) >= 11 is 0. The highest BCUT2D eigenvalue weighted by Crippen LogP contribution is 2.40. The summed E-state index contributed by atoms with van der Waals surface area (Å²) in [6, 6.07) is 18.9. The lowest BCUT2D eigenvalue weighted by molar-refractivity contribution is -0.838. The third-order valence-corrected chi connectivity index (χ3v) is 8.69. The largest absolute Gasteiger partial charge is 0.565 e. The first kappa shape index (κ1) is 18.0. The number of allylic oxidation sites excluding steroid dienone is 1. The van der Waals surface area contributed by atoms with Crippen LogP contribution in [-0.4, -0.2) is 32.6 Å². The lowest BCUT2D eigenvalue weighted by atomic mass is 10.0. The summed E-state index contributed by atoms with van der Waals surface area (Å²) in [6.07, 6.45) is 3.12. The van der Waals surface area contributed by atoms with E-state index in [0.717, 1.165) is 6.42 Å². The van der Waals surface area contributed by atoms with Crippen molar-refractivity contribution in [3.05, 3.63) is 76.9 Å². The Balaban J connectivity index is 2.02. The number of benzene rings is 2. The van der Waals surface area contributed by atoms with E-state index in [9.17, 15) is 4.46 Å². The zero-order valence-corrected chi connectivity index (χ0v) is 16.9. The summed E-state index contributed by atoms with van der Waals surface area (Å²) < 4.78 is 14.3. The van der Waals surface area contributed by atoms with Crippen LogP contribution in [0.3, 0.4) is 0 Å². The van der Waals surface area contributed by atoms with Crippen molar-refractivity contribution in [3.8, 4) is 0 Å². The third-order valence-electron chi connectivity index (χ3n) is 5.74. The topological polar surface area (TPSA) is 17.1 Å². The van der Waals surface area contributed by atoms with Gasteiger partial charge in [0.15, 0.2) is 0 Å². The molecule has 0 N–H and O–H groups in total. The van der Waals surface area contributed by atoms with Crippen LogP contribution in [0.25, 0.3) is 6.08 Å². The van der Waals surface area contributed by atoms with E-state index in [-0.39, 0.29) is 11.1 Å². The van der Waals surface area contributed by atoms with Crippen molar-refractivity contribution in [2.45, 2.75) is 38.3 Å². The molecule has 2 aromatic rings. The van der Waals surface area contributed by atoms with E-state index in [1.165, 1.54) is 22.3 Å². The van der Waals surface area contributed by atoms with Crippen molar-refractivity contribution in [2.75, 3.05) is 14.1 Å².